The largest absolute Gasteiger partial charge is 0.356 e. The number of benzene rings is 1. The molecule has 1 fully saturated rings. The van der Waals surface area contributed by atoms with E-state index in [9.17, 15) is 9.59 Å². The Labute approximate surface area is 171 Å². The molecule has 1 aromatic carbocycles. The van der Waals surface area contributed by atoms with E-state index in [2.05, 4.69) is 30.8 Å². The van der Waals surface area contributed by atoms with E-state index in [0.29, 0.717) is 24.6 Å². The third kappa shape index (κ3) is 6.44. The average Bonchev–Trinajstić information content (AvgIpc) is 2.76. The van der Waals surface area contributed by atoms with Crippen LogP contribution in [0.1, 0.15) is 35.3 Å². The molecule has 0 aliphatic carbocycles. The molecule has 8 heteroatoms. The number of nitrogens with one attached hydrogen (secondary N) is 3. The van der Waals surface area contributed by atoms with Crippen molar-refractivity contribution in [2.75, 3.05) is 42.9 Å². The molecule has 154 valence electrons. The van der Waals surface area contributed by atoms with Crippen LogP contribution in [0.5, 0.6) is 0 Å². The van der Waals surface area contributed by atoms with Gasteiger partial charge in [0.25, 0.3) is 5.91 Å². The van der Waals surface area contributed by atoms with Gasteiger partial charge in [-0.3, -0.25) is 9.59 Å². The van der Waals surface area contributed by atoms with E-state index in [1.54, 1.807) is 24.3 Å². The number of aromatic nitrogens is 2. The van der Waals surface area contributed by atoms with Crippen LogP contribution in [-0.2, 0) is 4.79 Å². The lowest BCUT2D eigenvalue weighted by Gasteiger charge is -2.28. The Morgan fingerprint density at radius 3 is 2.52 bits per heavy atom. The fourth-order valence-corrected chi connectivity index (χ4v) is 3.21. The first-order valence-electron chi connectivity index (χ1n) is 10.1. The standard InChI is InChI=1S/C21H28N6O2/c1-16-14-18(27-12-6-3-7-13-27)26-21(25-16)23-11-10-22-19(28)15-24-20(29)17-8-4-2-5-9-17/h2,4-5,8-9,14H,3,6-7,10-13,15H2,1H3,(H,22,28)(H,24,29)(H,23,25,26). The molecule has 3 rings (SSSR count). The van der Waals surface area contributed by atoms with Crippen LogP contribution in [0.2, 0.25) is 0 Å². The van der Waals surface area contributed by atoms with Crippen molar-refractivity contribution < 1.29 is 9.59 Å². The lowest BCUT2D eigenvalue weighted by atomic mass is 10.1. The molecule has 0 saturated carbocycles. The highest BCUT2D eigenvalue weighted by molar-refractivity contribution is 5.96. The van der Waals surface area contributed by atoms with Crippen LogP contribution in [-0.4, -0.2) is 54.5 Å². The fraction of sp³-hybridized carbons (Fsp3) is 0.429. The van der Waals surface area contributed by atoms with Crippen LogP contribution in [0, 0.1) is 6.92 Å². The van der Waals surface area contributed by atoms with Crippen LogP contribution in [0.15, 0.2) is 36.4 Å². The topological polar surface area (TPSA) is 99.3 Å². The van der Waals surface area contributed by atoms with Crippen molar-refractivity contribution in [2.24, 2.45) is 0 Å². The number of aryl methyl sites for hydroxylation is 1. The van der Waals surface area contributed by atoms with Crippen LogP contribution in [0.3, 0.4) is 0 Å². The molecule has 0 bridgehead atoms. The number of rotatable bonds is 8. The minimum atomic E-state index is -0.266. The summed E-state index contributed by atoms with van der Waals surface area (Å²) >= 11 is 0. The zero-order chi connectivity index (χ0) is 20.5. The summed E-state index contributed by atoms with van der Waals surface area (Å²) in [5.74, 6) is 1.01. The van der Waals surface area contributed by atoms with Gasteiger partial charge in [0.05, 0.1) is 6.54 Å². The van der Waals surface area contributed by atoms with Crippen LogP contribution in [0.25, 0.3) is 0 Å². The van der Waals surface area contributed by atoms with Crippen LogP contribution < -0.4 is 20.9 Å². The van der Waals surface area contributed by atoms with Gasteiger partial charge in [0, 0.05) is 43.5 Å². The first kappa shape index (κ1) is 20.6. The summed E-state index contributed by atoms with van der Waals surface area (Å²) in [5, 5.41) is 8.54. The molecule has 1 aromatic heterocycles. The monoisotopic (exact) mass is 396 g/mol. The first-order chi connectivity index (χ1) is 14.1. The van der Waals surface area contributed by atoms with E-state index in [1.807, 2.05) is 19.1 Å². The van der Waals surface area contributed by atoms with Crippen LogP contribution in [0.4, 0.5) is 11.8 Å². The van der Waals surface area contributed by atoms with Gasteiger partial charge in [-0.15, -0.1) is 0 Å². The Morgan fingerprint density at radius 2 is 1.76 bits per heavy atom. The lowest BCUT2D eigenvalue weighted by Crippen LogP contribution is -2.38. The maximum absolute atomic E-state index is 11.9. The van der Waals surface area contributed by atoms with Gasteiger partial charge in [-0.05, 0) is 38.3 Å². The molecule has 0 unspecified atom stereocenters. The third-order valence-corrected chi connectivity index (χ3v) is 4.70. The lowest BCUT2D eigenvalue weighted by molar-refractivity contribution is -0.120. The van der Waals surface area contributed by atoms with E-state index in [-0.39, 0.29) is 18.4 Å². The van der Waals surface area contributed by atoms with Gasteiger partial charge in [-0.25, -0.2) is 4.98 Å². The molecule has 0 spiro atoms. The normalized spacial score (nSPS) is 13.6. The Morgan fingerprint density at radius 1 is 1.00 bits per heavy atom. The van der Waals surface area contributed by atoms with Gasteiger partial charge in [0.15, 0.2) is 0 Å². The van der Waals surface area contributed by atoms with E-state index in [4.69, 9.17) is 0 Å². The summed E-state index contributed by atoms with van der Waals surface area (Å²) < 4.78 is 0. The summed E-state index contributed by atoms with van der Waals surface area (Å²) in [6.07, 6.45) is 3.66. The second kappa shape index (κ2) is 10.4. The highest BCUT2D eigenvalue weighted by atomic mass is 16.2. The predicted molar refractivity (Wildman–Crippen MR) is 113 cm³/mol. The van der Waals surface area contributed by atoms with Crippen molar-refractivity contribution in [3.63, 3.8) is 0 Å². The molecule has 1 saturated heterocycles. The minimum Gasteiger partial charge on any atom is -0.356 e. The quantitative estimate of drug-likeness (QED) is 0.588. The van der Waals surface area contributed by atoms with Gasteiger partial charge in [0.2, 0.25) is 11.9 Å². The molecule has 8 nitrogen and oxygen atoms in total. The summed E-state index contributed by atoms with van der Waals surface area (Å²) in [7, 11) is 0. The highest BCUT2D eigenvalue weighted by Crippen LogP contribution is 2.19. The number of amides is 2. The molecule has 2 aromatic rings. The Bertz CT molecular complexity index is 821. The maximum atomic E-state index is 11.9. The molecule has 2 heterocycles. The number of nitrogens with zero attached hydrogens (tertiary/aromatic N) is 3. The van der Waals surface area contributed by atoms with Crippen molar-refractivity contribution in [2.45, 2.75) is 26.2 Å². The van der Waals surface area contributed by atoms with Gasteiger partial charge in [-0.2, -0.15) is 4.98 Å². The molecule has 1 aliphatic heterocycles. The second-order valence-corrected chi connectivity index (χ2v) is 7.06. The Hall–Kier alpha value is -3.16. The average molecular weight is 396 g/mol. The van der Waals surface area contributed by atoms with Gasteiger partial charge in [0.1, 0.15) is 5.82 Å². The first-order valence-corrected chi connectivity index (χ1v) is 10.1. The zero-order valence-corrected chi connectivity index (χ0v) is 16.8. The van der Waals surface area contributed by atoms with Crippen molar-refractivity contribution >= 4 is 23.6 Å². The summed E-state index contributed by atoms with van der Waals surface area (Å²) in [4.78, 5) is 35.2. The van der Waals surface area contributed by atoms with Crippen molar-refractivity contribution in [1.82, 2.24) is 20.6 Å². The molecule has 0 atom stereocenters. The molecule has 3 N–H and O–H groups in total. The maximum Gasteiger partial charge on any atom is 0.251 e. The number of piperidine rings is 1. The van der Waals surface area contributed by atoms with Gasteiger partial charge in [-0.1, -0.05) is 18.2 Å². The number of carbonyl (C=O) groups excluding carboxylic acids is 2. The number of hydrogen-bond donors (Lipinski definition) is 3. The smallest absolute Gasteiger partial charge is 0.251 e. The molecule has 0 radical (unpaired) electrons. The fourth-order valence-electron chi connectivity index (χ4n) is 3.21. The summed E-state index contributed by atoms with van der Waals surface area (Å²) in [5.41, 5.74) is 1.44. The van der Waals surface area contributed by atoms with Gasteiger partial charge < -0.3 is 20.9 Å². The van der Waals surface area contributed by atoms with Gasteiger partial charge >= 0.3 is 0 Å². The highest BCUT2D eigenvalue weighted by Gasteiger charge is 2.14. The minimum absolute atomic E-state index is 0.0617. The summed E-state index contributed by atoms with van der Waals surface area (Å²) in [6.45, 7) is 4.87. The van der Waals surface area contributed by atoms with Crippen molar-refractivity contribution in [3.05, 3.63) is 47.7 Å². The molecule has 29 heavy (non-hydrogen) atoms. The Balaban J connectivity index is 1.39. The Kier molecular flexibility index (Phi) is 7.38. The van der Waals surface area contributed by atoms with E-state index in [1.165, 1.54) is 19.3 Å². The predicted octanol–water partition coefficient (Wildman–Crippen LogP) is 1.73. The van der Waals surface area contributed by atoms with Crippen molar-refractivity contribution in [1.29, 1.82) is 0 Å². The van der Waals surface area contributed by atoms with E-state index in [0.717, 1.165) is 24.6 Å². The summed E-state index contributed by atoms with van der Waals surface area (Å²) in [6, 6.07) is 10.8. The second-order valence-electron chi connectivity index (χ2n) is 7.06. The van der Waals surface area contributed by atoms with E-state index >= 15 is 0 Å². The van der Waals surface area contributed by atoms with E-state index < -0.39 is 0 Å². The van der Waals surface area contributed by atoms with Crippen molar-refractivity contribution in [3.8, 4) is 0 Å². The number of carbonyl (C=O) groups is 2. The van der Waals surface area contributed by atoms with Crippen LogP contribution >= 0.6 is 0 Å². The number of anilines is 2. The molecular weight excluding hydrogens is 368 g/mol. The number of hydrogen-bond acceptors (Lipinski definition) is 6. The SMILES string of the molecule is Cc1cc(N2CCCCC2)nc(NCCNC(=O)CNC(=O)c2ccccc2)n1. The zero-order valence-electron chi connectivity index (χ0n) is 16.8. The third-order valence-electron chi connectivity index (χ3n) is 4.70. The molecule has 1 aliphatic rings. The molecular formula is C21H28N6O2. The molecule has 2 amide bonds.